The summed E-state index contributed by atoms with van der Waals surface area (Å²) in [6.45, 7) is 0. The number of rotatable bonds is 5. The molecule has 8 heteroatoms. The van der Waals surface area contributed by atoms with E-state index in [-0.39, 0.29) is 11.4 Å². The van der Waals surface area contributed by atoms with E-state index in [1.54, 1.807) is 12.1 Å². The van der Waals surface area contributed by atoms with E-state index in [2.05, 4.69) is 15.4 Å². The minimum absolute atomic E-state index is 0.0236. The number of carbonyl (C=O) groups is 1. The van der Waals surface area contributed by atoms with Crippen molar-refractivity contribution in [3.05, 3.63) is 17.8 Å². The van der Waals surface area contributed by atoms with E-state index < -0.39 is 5.91 Å². The lowest BCUT2D eigenvalue weighted by atomic mass is 10.1. The van der Waals surface area contributed by atoms with Crippen LogP contribution in [-0.4, -0.2) is 42.6 Å². The first-order chi connectivity index (χ1) is 9.62. The summed E-state index contributed by atoms with van der Waals surface area (Å²) in [7, 11) is 4.52. The summed E-state index contributed by atoms with van der Waals surface area (Å²) in [6.07, 6.45) is 0. The van der Waals surface area contributed by atoms with Gasteiger partial charge in [-0.3, -0.25) is 4.79 Å². The van der Waals surface area contributed by atoms with Gasteiger partial charge in [-0.25, -0.2) is 0 Å². The van der Waals surface area contributed by atoms with Crippen molar-refractivity contribution in [2.45, 2.75) is 0 Å². The van der Waals surface area contributed by atoms with Crippen LogP contribution in [0.15, 0.2) is 12.1 Å². The molecule has 3 N–H and O–H groups in total. The van der Waals surface area contributed by atoms with Crippen LogP contribution in [0.2, 0.25) is 0 Å². The van der Waals surface area contributed by atoms with Gasteiger partial charge < -0.3 is 19.9 Å². The molecule has 0 fully saturated rings. The fraction of sp³-hybridized carbons (Fsp3) is 0.250. The Bertz CT molecular complexity index is 638. The van der Waals surface area contributed by atoms with Gasteiger partial charge in [-0.2, -0.15) is 15.4 Å². The standard InChI is InChI=1S/C12H14N4O4/c1-18-7-5-9(20-3)8(19-2)4-6(7)10-11(12(13)17)15-16-14-10/h4-5H,1-3H3,(H2,13,17)(H,14,15,16). The first-order valence-electron chi connectivity index (χ1n) is 5.63. The lowest BCUT2D eigenvalue weighted by molar-refractivity contribution is 0.0996. The van der Waals surface area contributed by atoms with Crippen LogP contribution in [0.1, 0.15) is 10.5 Å². The van der Waals surface area contributed by atoms with E-state index in [0.29, 0.717) is 22.8 Å². The van der Waals surface area contributed by atoms with Crippen LogP contribution in [0.5, 0.6) is 17.2 Å². The van der Waals surface area contributed by atoms with Crippen molar-refractivity contribution >= 4 is 5.91 Å². The zero-order valence-electron chi connectivity index (χ0n) is 11.3. The zero-order valence-corrected chi connectivity index (χ0v) is 11.3. The highest BCUT2D eigenvalue weighted by molar-refractivity contribution is 5.97. The van der Waals surface area contributed by atoms with E-state index in [1.165, 1.54) is 21.3 Å². The number of aromatic nitrogens is 3. The SMILES string of the molecule is COc1cc(OC)c(-c2n[nH]nc2C(N)=O)cc1OC. The van der Waals surface area contributed by atoms with Crippen LogP contribution in [0.25, 0.3) is 11.3 Å². The molecule has 0 aliphatic carbocycles. The van der Waals surface area contributed by atoms with Gasteiger partial charge >= 0.3 is 0 Å². The molecular formula is C12H14N4O4. The second-order valence-electron chi connectivity index (χ2n) is 3.79. The summed E-state index contributed by atoms with van der Waals surface area (Å²) < 4.78 is 15.7. The van der Waals surface area contributed by atoms with Crippen LogP contribution in [0.4, 0.5) is 0 Å². The summed E-state index contributed by atoms with van der Waals surface area (Å²) in [4.78, 5) is 11.3. The summed E-state index contributed by atoms with van der Waals surface area (Å²) in [5.74, 6) is 0.739. The maximum atomic E-state index is 11.3. The smallest absolute Gasteiger partial charge is 0.271 e. The molecule has 0 aliphatic heterocycles. The highest BCUT2D eigenvalue weighted by Gasteiger charge is 2.21. The Labute approximate surface area is 114 Å². The molecule has 2 rings (SSSR count). The number of nitrogens with one attached hydrogen (secondary N) is 1. The van der Waals surface area contributed by atoms with Gasteiger partial charge in [0.05, 0.1) is 26.9 Å². The Kier molecular flexibility index (Phi) is 3.74. The van der Waals surface area contributed by atoms with Gasteiger partial charge in [-0.1, -0.05) is 0 Å². The fourth-order valence-corrected chi connectivity index (χ4v) is 1.80. The van der Waals surface area contributed by atoms with Gasteiger partial charge in [0.2, 0.25) is 0 Å². The molecule has 8 nitrogen and oxygen atoms in total. The van der Waals surface area contributed by atoms with Crippen LogP contribution in [-0.2, 0) is 0 Å². The first kappa shape index (κ1) is 13.7. The van der Waals surface area contributed by atoms with Gasteiger partial charge in [0.1, 0.15) is 11.4 Å². The minimum Gasteiger partial charge on any atom is -0.496 e. The third-order valence-corrected chi connectivity index (χ3v) is 2.74. The monoisotopic (exact) mass is 278 g/mol. The van der Waals surface area contributed by atoms with Crippen molar-refractivity contribution < 1.29 is 19.0 Å². The van der Waals surface area contributed by atoms with Gasteiger partial charge in [0.25, 0.3) is 5.91 Å². The number of primary amides is 1. The summed E-state index contributed by atoms with van der Waals surface area (Å²) in [5.41, 5.74) is 6.09. The molecule has 0 saturated heterocycles. The number of carbonyl (C=O) groups excluding carboxylic acids is 1. The Morgan fingerprint density at radius 2 is 1.65 bits per heavy atom. The van der Waals surface area contributed by atoms with Crippen molar-refractivity contribution in [1.82, 2.24) is 15.4 Å². The van der Waals surface area contributed by atoms with E-state index in [4.69, 9.17) is 19.9 Å². The number of methoxy groups -OCH3 is 3. The van der Waals surface area contributed by atoms with E-state index in [0.717, 1.165) is 0 Å². The van der Waals surface area contributed by atoms with Crippen LogP contribution >= 0.6 is 0 Å². The molecule has 20 heavy (non-hydrogen) atoms. The molecule has 1 aromatic carbocycles. The Balaban J connectivity index is 2.66. The van der Waals surface area contributed by atoms with Crippen LogP contribution < -0.4 is 19.9 Å². The summed E-state index contributed by atoms with van der Waals surface area (Å²) in [5, 5.41) is 10.0. The summed E-state index contributed by atoms with van der Waals surface area (Å²) in [6, 6.07) is 3.27. The van der Waals surface area contributed by atoms with Crippen LogP contribution in [0.3, 0.4) is 0 Å². The normalized spacial score (nSPS) is 10.2. The van der Waals surface area contributed by atoms with E-state index in [9.17, 15) is 4.79 Å². The zero-order chi connectivity index (χ0) is 14.7. The van der Waals surface area contributed by atoms with Crippen molar-refractivity contribution in [2.75, 3.05) is 21.3 Å². The lowest BCUT2D eigenvalue weighted by Crippen LogP contribution is -2.13. The largest absolute Gasteiger partial charge is 0.496 e. The molecule has 0 spiro atoms. The Hall–Kier alpha value is -2.77. The second kappa shape index (κ2) is 5.47. The molecule has 0 bridgehead atoms. The average molecular weight is 278 g/mol. The van der Waals surface area contributed by atoms with Crippen molar-refractivity contribution in [1.29, 1.82) is 0 Å². The number of hydrogen-bond acceptors (Lipinski definition) is 6. The highest BCUT2D eigenvalue weighted by atomic mass is 16.5. The molecule has 0 aliphatic rings. The molecule has 0 unspecified atom stereocenters. The number of amides is 1. The average Bonchev–Trinajstić information content (AvgIpc) is 2.95. The Morgan fingerprint density at radius 1 is 1.05 bits per heavy atom. The molecule has 106 valence electrons. The molecule has 0 radical (unpaired) electrons. The third kappa shape index (κ3) is 2.22. The molecule has 0 saturated carbocycles. The number of nitrogens with zero attached hydrogens (tertiary/aromatic N) is 2. The predicted molar refractivity (Wildman–Crippen MR) is 70.0 cm³/mol. The number of ether oxygens (including phenoxy) is 3. The van der Waals surface area contributed by atoms with E-state index in [1.807, 2.05) is 0 Å². The molecule has 1 aromatic heterocycles. The minimum atomic E-state index is -0.689. The quantitative estimate of drug-likeness (QED) is 0.828. The number of aromatic amines is 1. The van der Waals surface area contributed by atoms with Gasteiger partial charge in [-0.05, 0) is 6.07 Å². The maximum absolute atomic E-state index is 11.3. The maximum Gasteiger partial charge on any atom is 0.271 e. The van der Waals surface area contributed by atoms with E-state index >= 15 is 0 Å². The Morgan fingerprint density at radius 3 is 2.20 bits per heavy atom. The van der Waals surface area contributed by atoms with Gasteiger partial charge in [0.15, 0.2) is 17.2 Å². The number of hydrogen-bond donors (Lipinski definition) is 2. The van der Waals surface area contributed by atoms with Crippen molar-refractivity contribution in [2.24, 2.45) is 5.73 Å². The number of H-pyrrole nitrogens is 1. The lowest BCUT2D eigenvalue weighted by Gasteiger charge is -2.13. The third-order valence-electron chi connectivity index (χ3n) is 2.74. The van der Waals surface area contributed by atoms with Crippen molar-refractivity contribution in [3.8, 4) is 28.5 Å². The number of benzene rings is 1. The van der Waals surface area contributed by atoms with Gasteiger partial charge in [0, 0.05) is 6.07 Å². The fourth-order valence-electron chi connectivity index (χ4n) is 1.80. The van der Waals surface area contributed by atoms with Crippen LogP contribution in [0, 0.1) is 0 Å². The highest BCUT2D eigenvalue weighted by Crippen LogP contribution is 2.39. The molecular weight excluding hydrogens is 264 g/mol. The first-order valence-corrected chi connectivity index (χ1v) is 5.63. The summed E-state index contributed by atoms with van der Waals surface area (Å²) >= 11 is 0. The predicted octanol–water partition coefficient (Wildman–Crippen LogP) is 0.596. The second-order valence-corrected chi connectivity index (χ2v) is 3.79. The van der Waals surface area contributed by atoms with Gasteiger partial charge in [-0.15, -0.1) is 0 Å². The molecule has 1 heterocycles. The molecule has 2 aromatic rings. The number of nitrogens with two attached hydrogens (primary N) is 1. The topological polar surface area (TPSA) is 112 Å². The molecule has 0 atom stereocenters. The van der Waals surface area contributed by atoms with Crippen molar-refractivity contribution in [3.63, 3.8) is 0 Å². The molecule has 1 amide bonds.